The fourth-order valence-electron chi connectivity index (χ4n) is 3.71. The van der Waals surface area contributed by atoms with Crippen molar-refractivity contribution in [2.75, 3.05) is 66.1 Å². The topological polar surface area (TPSA) is 60.4 Å². The van der Waals surface area contributed by atoms with Crippen LogP contribution in [0.1, 0.15) is 37.9 Å². The molecule has 7 heteroatoms. The van der Waals surface area contributed by atoms with Crippen LogP contribution in [0.25, 0.3) is 0 Å². The largest absolute Gasteiger partial charge is 0.379 e. The smallest absolute Gasteiger partial charge is 0.242 e. The number of hydrogen-bond donors (Lipinski definition) is 1. The molecule has 0 saturated carbocycles. The number of carbonyl (C=O) groups excluding carboxylic acids is 1. The third-order valence-electron chi connectivity index (χ3n) is 5.55. The first kappa shape index (κ1) is 24.2. The van der Waals surface area contributed by atoms with Crippen molar-refractivity contribution in [3.05, 3.63) is 35.4 Å². The predicted molar refractivity (Wildman–Crippen MR) is 123 cm³/mol. The lowest BCUT2D eigenvalue weighted by atomic mass is 10.0. The summed E-state index contributed by atoms with van der Waals surface area (Å²) in [6.07, 6.45) is 0. The Bertz CT molecular complexity index is 667. The van der Waals surface area contributed by atoms with Gasteiger partial charge in [-0.15, -0.1) is 0 Å². The van der Waals surface area contributed by atoms with E-state index in [0.717, 1.165) is 51.9 Å². The first-order valence-electron chi connectivity index (χ1n) is 11.2. The van der Waals surface area contributed by atoms with Crippen LogP contribution in [0.2, 0.25) is 0 Å². The number of rotatable bonds is 9. The van der Waals surface area contributed by atoms with Gasteiger partial charge in [0.15, 0.2) is 5.96 Å². The van der Waals surface area contributed by atoms with Crippen LogP contribution in [-0.2, 0) is 9.53 Å². The van der Waals surface area contributed by atoms with Crippen molar-refractivity contribution in [1.82, 2.24) is 20.0 Å². The van der Waals surface area contributed by atoms with E-state index in [4.69, 9.17) is 9.73 Å². The Morgan fingerprint density at radius 3 is 2.37 bits per heavy atom. The first-order chi connectivity index (χ1) is 14.5. The van der Waals surface area contributed by atoms with Gasteiger partial charge in [0, 0.05) is 39.8 Å². The van der Waals surface area contributed by atoms with Crippen molar-refractivity contribution in [3.63, 3.8) is 0 Å². The molecule has 168 valence electrons. The maximum absolute atomic E-state index is 12.5. The van der Waals surface area contributed by atoms with Crippen LogP contribution in [0.5, 0.6) is 0 Å². The van der Waals surface area contributed by atoms with Gasteiger partial charge in [-0.05, 0) is 33.3 Å². The maximum atomic E-state index is 12.5. The van der Waals surface area contributed by atoms with Crippen molar-refractivity contribution in [3.8, 4) is 0 Å². The van der Waals surface area contributed by atoms with E-state index in [1.54, 1.807) is 0 Å². The summed E-state index contributed by atoms with van der Waals surface area (Å²) in [5, 5.41) is 3.34. The molecule has 1 aromatic carbocycles. The van der Waals surface area contributed by atoms with Gasteiger partial charge in [0.05, 0.1) is 32.3 Å². The van der Waals surface area contributed by atoms with E-state index in [1.807, 2.05) is 30.7 Å². The lowest BCUT2D eigenvalue weighted by molar-refractivity contribution is -0.131. The SMILES string of the molecule is CCNC(=NCC(c1ccc(C)cc1)N1CCOCC1)N(C)CC(=O)N(CC)CC. The number of amides is 1. The van der Waals surface area contributed by atoms with E-state index in [9.17, 15) is 4.79 Å². The molecule has 1 fully saturated rings. The molecule has 1 N–H and O–H groups in total. The Balaban J connectivity index is 2.17. The lowest BCUT2D eigenvalue weighted by Gasteiger charge is -2.34. The second-order valence-corrected chi connectivity index (χ2v) is 7.69. The lowest BCUT2D eigenvalue weighted by Crippen LogP contribution is -2.46. The summed E-state index contributed by atoms with van der Waals surface area (Å²) in [6.45, 7) is 14.7. The number of likely N-dealkylation sites (N-methyl/N-ethyl adjacent to an activating group) is 2. The number of guanidine groups is 1. The van der Waals surface area contributed by atoms with E-state index in [1.165, 1.54) is 11.1 Å². The molecule has 0 radical (unpaired) electrons. The molecule has 1 aliphatic rings. The van der Waals surface area contributed by atoms with Gasteiger partial charge >= 0.3 is 0 Å². The standard InChI is InChI=1S/C23H39N5O2/c1-6-24-23(26(5)18-22(29)27(7-2)8-3)25-17-21(28-13-15-30-16-14-28)20-11-9-19(4)10-12-20/h9-12,21H,6-8,13-18H2,1-5H3,(H,24,25). The minimum Gasteiger partial charge on any atom is -0.379 e. The molecule has 1 atom stereocenters. The fraction of sp³-hybridized carbons (Fsp3) is 0.652. The molecule has 0 bridgehead atoms. The zero-order chi connectivity index (χ0) is 21.9. The summed E-state index contributed by atoms with van der Waals surface area (Å²) in [5.74, 6) is 0.889. The molecular weight excluding hydrogens is 378 g/mol. The van der Waals surface area contributed by atoms with Crippen LogP contribution in [0.4, 0.5) is 0 Å². The fourth-order valence-corrected chi connectivity index (χ4v) is 3.71. The van der Waals surface area contributed by atoms with Crippen LogP contribution in [0.3, 0.4) is 0 Å². The zero-order valence-electron chi connectivity index (χ0n) is 19.4. The van der Waals surface area contributed by atoms with Crippen molar-refractivity contribution in [2.45, 2.75) is 33.7 Å². The number of aliphatic imine (C=N–C) groups is 1. The van der Waals surface area contributed by atoms with Crippen molar-refractivity contribution < 1.29 is 9.53 Å². The van der Waals surface area contributed by atoms with Crippen molar-refractivity contribution in [2.24, 2.45) is 4.99 Å². The summed E-state index contributed by atoms with van der Waals surface area (Å²) in [7, 11) is 1.93. The van der Waals surface area contributed by atoms with Crippen LogP contribution >= 0.6 is 0 Å². The molecule has 1 aliphatic heterocycles. The van der Waals surface area contributed by atoms with Gasteiger partial charge in [-0.2, -0.15) is 0 Å². The molecule has 7 nitrogen and oxygen atoms in total. The molecule has 1 unspecified atom stereocenters. The highest BCUT2D eigenvalue weighted by atomic mass is 16.5. The minimum atomic E-state index is 0.122. The van der Waals surface area contributed by atoms with Crippen molar-refractivity contribution in [1.29, 1.82) is 0 Å². The Morgan fingerprint density at radius 1 is 1.17 bits per heavy atom. The first-order valence-corrected chi connectivity index (χ1v) is 11.2. The Labute approximate surface area is 182 Å². The molecular formula is C23H39N5O2. The Morgan fingerprint density at radius 2 is 1.80 bits per heavy atom. The van der Waals surface area contributed by atoms with Gasteiger partial charge in [0.1, 0.15) is 0 Å². The summed E-state index contributed by atoms with van der Waals surface area (Å²) in [6, 6.07) is 8.91. The highest BCUT2D eigenvalue weighted by molar-refractivity contribution is 5.86. The second kappa shape index (κ2) is 12.5. The number of benzene rings is 1. The minimum absolute atomic E-state index is 0.122. The molecule has 0 aliphatic carbocycles. The number of nitrogens with one attached hydrogen (secondary N) is 1. The van der Waals surface area contributed by atoms with Crippen LogP contribution < -0.4 is 5.32 Å². The molecule has 1 aromatic rings. The molecule has 1 amide bonds. The third kappa shape index (κ3) is 6.99. The van der Waals surface area contributed by atoms with Gasteiger partial charge in [-0.25, -0.2) is 0 Å². The highest BCUT2D eigenvalue weighted by Crippen LogP contribution is 2.23. The van der Waals surface area contributed by atoms with Gasteiger partial charge in [-0.3, -0.25) is 14.7 Å². The number of nitrogens with zero attached hydrogens (tertiary/aromatic N) is 4. The predicted octanol–water partition coefficient (Wildman–Crippen LogP) is 2.13. The normalized spacial score (nSPS) is 16.2. The average molecular weight is 418 g/mol. The number of ether oxygens (including phenoxy) is 1. The van der Waals surface area contributed by atoms with Crippen LogP contribution in [0.15, 0.2) is 29.3 Å². The molecule has 2 rings (SSSR count). The average Bonchev–Trinajstić information content (AvgIpc) is 2.75. The number of aryl methyl sites for hydroxylation is 1. The monoisotopic (exact) mass is 417 g/mol. The molecule has 1 saturated heterocycles. The number of morpholine rings is 1. The van der Waals surface area contributed by atoms with Gasteiger partial charge in [0.25, 0.3) is 0 Å². The van der Waals surface area contributed by atoms with Crippen LogP contribution in [-0.4, -0.2) is 92.6 Å². The van der Waals surface area contributed by atoms with E-state index >= 15 is 0 Å². The molecule has 1 heterocycles. The van der Waals surface area contributed by atoms with Crippen molar-refractivity contribution >= 4 is 11.9 Å². The highest BCUT2D eigenvalue weighted by Gasteiger charge is 2.23. The third-order valence-corrected chi connectivity index (χ3v) is 5.55. The summed E-state index contributed by atoms with van der Waals surface area (Å²) >= 11 is 0. The van der Waals surface area contributed by atoms with E-state index < -0.39 is 0 Å². The second-order valence-electron chi connectivity index (χ2n) is 7.69. The number of hydrogen-bond acceptors (Lipinski definition) is 4. The van der Waals surface area contributed by atoms with E-state index in [-0.39, 0.29) is 11.9 Å². The summed E-state index contributed by atoms with van der Waals surface area (Å²) < 4.78 is 5.55. The quantitative estimate of drug-likeness (QED) is 0.493. The zero-order valence-corrected chi connectivity index (χ0v) is 19.4. The Hall–Kier alpha value is -2.12. The molecule has 0 aromatic heterocycles. The van der Waals surface area contributed by atoms with E-state index in [2.05, 4.69) is 48.3 Å². The van der Waals surface area contributed by atoms with Gasteiger partial charge < -0.3 is 19.9 Å². The summed E-state index contributed by atoms with van der Waals surface area (Å²) in [4.78, 5) is 23.7. The summed E-state index contributed by atoms with van der Waals surface area (Å²) in [5.41, 5.74) is 2.52. The van der Waals surface area contributed by atoms with Gasteiger partial charge in [-0.1, -0.05) is 29.8 Å². The Kier molecular flexibility index (Phi) is 10.1. The molecule has 30 heavy (non-hydrogen) atoms. The maximum Gasteiger partial charge on any atom is 0.242 e. The van der Waals surface area contributed by atoms with Crippen LogP contribution in [0, 0.1) is 6.92 Å². The number of carbonyl (C=O) groups is 1. The van der Waals surface area contributed by atoms with Gasteiger partial charge in [0.2, 0.25) is 5.91 Å². The van der Waals surface area contributed by atoms with E-state index in [0.29, 0.717) is 13.1 Å². The molecule has 0 spiro atoms.